The predicted octanol–water partition coefficient (Wildman–Crippen LogP) is 2.74. The smallest absolute Gasteiger partial charge is 0.342 e. The van der Waals surface area contributed by atoms with Crippen LogP contribution in [-0.4, -0.2) is 29.4 Å². The van der Waals surface area contributed by atoms with E-state index in [1.165, 1.54) is 0 Å². The van der Waals surface area contributed by atoms with E-state index in [1.54, 1.807) is 13.1 Å². The normalized spacial score (nSPS) is 17.2. The zero-order chi connectivity index (χ0) is 16.6. The highest BCUT2D eigenvalue weighted by Crippen LogP contribution is 2.35. The first-order valence-corrected chi connectivity index (χ1v) is 7.75. The van der Waals surface area contributed by atoms with Gasteiger partial charge in [-0.2, -0.15) is 0 Å². The molecule has 1 aromatic carbocycles. The molecule has 0 amide bonds. The van der Waals surface area contributed by atoms with Crippen molar-refractivity contribution in [1.82, 2.24) is 10.3 Å². The number of hydrogen-bond acceptors (Lipinski definition) is 4. The van der Waals surface area contributed by atoms with Gasteiger partial charge >= 0.3 is 5.97 Å². The Morgan fingerprint density at radius 1 is 1.26 bits per heavy atom. The van der Waals surface area contributed by atoms with E-state index in [9.17, 15) is 9.59 Å². The van der Waals surface area contributed by atoms with Crippen molar-refractivity contribution in [3.63, 3.8) is 0 Å². The van der Waals surface area contributed by atoms with Gasteiger partial charge in [0.25, 0.3) is 0 Å². The van der Waals surface area contributed by atoms with Crippen LogP contribution < -0.4 is 5.32 Å². The summed E-state index contributed by atoms with van der Waals surface area (Å²) in [5.41, 5.74) is 2.87. The van der Waals surface area contributed by atoms with Crippen molar-refractivity contribution in [2.45, 2.75) is 32.8 Å². The van der Waals surface area contributed by atoms with E-state index >= 15 is 0 Å². The third kappa shape index (κ3) is 2.74. The van der Waals surface area contributed by atoms with Crippen molar-refractivity contribution in [1.29, 1.82) is 0 Å². The molecule has 2 heterocycles. The summed E-state index contributed by atoms with van der Waals surface area (Å²) in [5, 5.41) is 4.04. The molecule has 2 aromatic rings. The molecule has 5 heteroatoms. The van der Waals surface area contributed by atoms with Gasteiger partial charge < -0.3 is 15.0 Å². The van der Waals surface area contributed by atoms with Crippen LogP contribution in [0.2, 0.25) is 0 Å². The van der Waals surface area contributed by atoms with Crippen LogP contribution in [0, 0.1) is 0 Å². The van der Waals surface area contributed by atoms with E-state index in [4.69, 9.17) is 4.74 Å². The Hall–Kier alpha value is -2.56. The Labute approximate surface area is 134 Å². The Kier molecular flexibility index (Phi) is 3.94. The lowest BCUT2D eigenvalue weighted by molar-refractivity contribution is -0.140. The van der Waals surface area contributed by atoms with Gasteiger partial charge in [0.1, 0.15) is 5.78 Å². The fraction of sp³-hybridized carbons (Fsp3) is 0.333. The molecule has 120 valence electrons. The minimum absolute atomic E-state index is 0.0652. The van der Waals surface area contributed by atoms with Crippen molar-refractivity contribution in [2.24, 2.45) is 0 Å². The standard InChI is InChI=1S/C18H20N2O3/c1-10(2)23-18(22)14-9-19-8-13(11(3)21)16-12-6-4-5-7-15(12)20-17(14)16/h4-7,9-10,13,19-20H,8H2,1-3H3. The molecule has 0 bridgehead atoms. The second kappa shape index (κ2) is 5.91. The number of carbonyl (C=O) groups excluding carboxylic acids is 2. The lowest BCUT2D eigenvalue weighted by Crippen LogP contribution is -2.21. The van der Waals surface area contributed by atoms with Crippen LogP contribution in [0.4, 0.5) is 0 Å². The van der Waals surface area contributed by atoms with E-state index in [0.29, 0.717) is 17.8 Å². The van der Waals surface area contributed by atoms with Crippen LogP contribution in [0.3, 0.4) is 0 Å². The molecule has 0 radical (unpaired) electrons. The summed E-state index contributed by atoms with van der Waals surface area (Å²) in [6.07, 6.45) is 1.44. The van der Waals surface area contributed by atoms with Crippen molar-refractivity contribution >= 4 is 28.2 Å². The number of carbonyl (C=O) groups is 2. The van der Waals surface area contributed by atoms with Crippen LogP contribution in [0.15, 0.2) is 30.5 Å². The van der Waals surface area contributed by atoms with Crippen LogP contribution in [0.5, 0.6) is 0 Å². The van der Waals surface area contributed by atoms with Gasteiger partial charge in [-0.1, -0.05) is 18.2 Å². The van der Waals surface area contributed by atoms with Crippen molar-refractivity contribution in [3.8, 4) is 0 Å². The summed E-state index contributed by atoms with van der Waals surface area (Å²) in [6, 6.07) is 7.77. The molecule has 0 spiro atoms. The average molecular weight is 312 g/mol. The number of ether oxygens (including phenoxy) is 1. The number of benzene rings is 1. The van der Waals surface area contributed by atoms with E-state index in [2.05, 4.69) is 10.3 Å². The van der Waals surface area contributed by atoms with E-state index in [1.807, 2.05) is 38.1 Å². The molecule has 1 unspecified atom stereocenters. The van der Waals surface area contributed by atoms with Crippen molar-refractivity contribution < 1.29 is 14.3 Å². The number of hydrogen-bond donors (Lipinski definition) is 2. The molecular weight excluding hydrogens is 292 g/mol. The molecule has 0 saturated heterocycles. The molecule has 0 aliphatic carbocycles. The average Bonchev–Trinajstić information content (AvgIpc) is 2.74. The lowest BCUT2D eigenvalue weighted by Gasteiger charge is -2.13. The predicted molar refractivity (Wildman–Crippen MR) is 88.9 cm³/mol. The van der Waals surface area contributed by atoms with Gasteiger partial charge in [-0.25, -0.2) is 4.79 Å². The largest absolute Gasteiger partial charge is 0.459 e. The van der Waals surface area contributed by atoms with Gasteiger partial charge in [0.05, 0.1) is 23.3 Å². The fourth-order valence-corrected chi connectivity index (χ4v) is 2.98. The minimum Gasteiger partial charge on any atom is -0.459 e. The van der Waals surface area contributed by atoms with Gasteiger partial charge in [0, 0.05) is 23.6 Å². The number of aromatic amines is 1. The minimum atomic E-state index is -0.399. The van der Waals surface area contributed by atoms with Gasteiger partial charge in [-0.15, -0.1) is 0 Å². The first-order valence-electron chi connectivity index (χ1n) is 7.75. The molecular formula is C18H20N2O3. The highest BCUT2D eigenvalue weighted by atomic mass is 16.5. The van der Waals surface area contributed by atoms with Gasteiger partial charge in [-0.3, -0.25) is 4.79 Å². The van der Waals surface area contributed by atoms with Crippen LogP contribution in [0.25, 0.3) is 16.5 Å². The van der Waals surface area contributed by atoms with Crippen LogP contribution in [0.1, 0.15) is 37.9 Å². The second-order valence-corrected chi connectivity index (χ2v) is 6.04. The molecule has 23 heavy (non-hydrogen) atoms. The Bertz CT molecular complexity index is 802. The maximum absolute atomic E-state index is 12.4. The number of ketones is 1. The first-order chi connectivity index (χ1) is 11.0. The summed E-state index contributed by atoms with van der Waals surface area (Å²) in [6.45, 7) is 5.66. The molecule has 1 atom stereocenters. The summed E-state index contributed by atoms with van der Waals surface area (Å²) < 4.78 is 5.34. The summed E-state index contributed by atoms with van der Waals surface area (Å²) >= 11 is 0. The SMILES string of the molecule is CC(=O)C1CNC=C(C(=O)OC(C)C)c2[nH]c3ccccc3c21. The van der Waals surface area contributed by atoms with E-state index in [0.717, 1.165) is 16.5 Å². The number of nitrogens with one attached hydrogen (secondary N) is 2. The zero-order valence-corrected chi connectivity index (χ0v) is 13.5. The molecule has 0 fully saturated rings. The number of aromatic nitrogens is 1. The monoisotopic (exact) mass is 312 g/mol. The van der Waals surface area contributed by atoms with Gasteiger partial charge in [0.2, 0.25) is 0 Å². The highest BCUT2D eigenvalue weighted by Gasteiger charge is 2.30. The van der Waals surface area contributed by atoms with Crippen molar-refractivity contribution in [3.05, 3.63) is 41.7 Å². The van der Waals surface area contributed by atoms with Gasteiger partial charge in [-0.05, 0) is 32.4 Å². The number of Topliss-reactive ketones (excluding diaryl/α,β-unsaturated/α-hetero) is 1. The fourth-order valence-electron chi connectivity index (χ4n) is 2.98. The highest BCUT2D eigenvalue weighted by molar-refractivity contribution is 6.18. The number of H-pyrrole nitrogens is 1. The quantitative estimate of drug-likeness (QED) is 0.855. The molecule has 5 nitrogen and oxygen atoms in total. The van der Waals surface area contributed by atoms with Crippen LogP contribution in [-0.2, 0) is 14.3 Å². The molecule has 1 aromatic heterocycles. The van der Waals surface area contributed by atoms with E-state index in [-0.39, 0.29) is 17.8 Å². The Balaban J connectivity index is 2.19. The third-order valence-electron chi connectivity index (χ3n) is 3.99. The van der Waals surface area contributed by atoms with Gasteiger partial charge in [0.15, 0.2) is 0 Å². The number of rotatable bonds is 3. The Morgan fingerprint density at radius 2 is 2.00 bits per heavy atom. The molecule has 1 aliphatic heterocycles. The first kappa shape index (κ1) is 15.3. The molecule has 3 rings (SSSR count). The maximum atomic E-state index is 12.4. The Morgan fingerprint density at radius 3 is 2.70 bits per heavy atom. The number of fused-ring (bicyclic) bond motifs is 3. The summed E-state index contributed by atoms with van der Waals surface area (Å²) in [4.78, 5) is 27.8. The topological polar surface area (TPSA) is 71.2 Å². The summed E-state index contributed by atoms with van der Waals surface area (Å²) in [7, 11) is 0. The molecule has 1 aliphatic rings. The maximum Gasteiger partial charge on any atom is 0.342 e. The second-order valence-electron chi connectivity index (χ2n) is 6.04. The number of para-hydroxylation sites is 1. The molecule has 0 saturated carbocycles. The lowest BCUT2D eigenvalue weighted by atomic mass is 9.91. The summed E-state index contributed by atoms with van der Waals surface area (Å²) in [5.74, 6) is -0.637. The molecule has 2 N–H and O–H groups in total. The van der Waals surface area contributed by atoms with E-state index < -0.39 is 5.97 Å². The number of esters is 1. The third-order valence-corrected chi connectivity index (χ3v) is 3.99. The van der Waals surface area contributed by atoms with Crippen molar-refractivity contribution in [2.75, 3.05) is 6.54 Å². The van der Waals surface area contributed by atoms with Crippen LogP contribution >= 0.6 is 0 Å². The zero-order valence-electron chi connectivity index (χ0n) is 13.5.